The van der Waals surface area contributed by atoms with Crippen molar-refractivity contribution in [2.75, 3.05) is 7.11 Å². The van der Waals surface area contributed by atoms with Crippen LogP contribution in [-0.4, -0.2) is 26.1 Å². The molecule has 106 valence electrons. The Bertz CT molecular complexity index is 591. The van der Waals surface area contributed by atoms with Crippen molar-refractivity contribution in [1.82, 2.24) is 0 Å². The molecule has 0 radical (unpaired) electrons. The molecule has 0 saturated carbocycles. The van der Waals surface area contributed by atoms with Crippen LogP contribution in [0.2, 0.25) is 0 Å². The maximum atomic E-state index is 12.5. The van der Waals surface area contributed by atoms with E-state index in [9.17, 15) is 26.7 Å². The van der Waals surface area contributed by atoms with Gasteiger partial charge >= 0.3 is 5.51 Å². The Kier molecular flexibility index (Phi) is 4.14. The summed E-state index contributed by atoms with van der Waals surface area (Å²) in [6, 6.07) is 1.99. The van der Waals surface area contributed by atoms with Gasteiger partial charge in [0.1, 0.15) is 4.90 Å². The van der Waals surface area contributed by atoms with Crippen molar-refractivity contribution >= 4 is 9.84 Å². The van der Waals surface area contributed by atoms with E-state index in [1.54, 1.807) is 0 Å². The summed E-state index contributed by atoms with van der Waals surface area (Å²) in [5, 5.41) is 9.55. The zero-order valence-electron chi connectivity index (χ0n) is 9.86. The number of sulfone groups is 1. The summed E-state index contributed by atoms with van der Waals surface area (Å²) in [6.45, 7) is 3.40. The first-order valence-corrected chi connectivity index (χ1v) is 6.45. The maximum Gasteiger partial charge on any atom is 0.502 e. The van der Waals surface area contributed by atoms with Gasteiger partial charge in [0.05, 0.1) is 7.11 Å². The van der Waals surface area contributed by atoms with Crippen molar-refractivity contribution < 1.29 is 31.4 Å². The molecule has 0 saturated heterocycles. The number of alkyl halides is 3. The van der Waals surface area contributed by atoms with E-state index in [1.165, 1.54) is 12.1 Å². The molecule has 1 aromatic carbocycles. The first-order chi connectivity index (χ1) is 8.65. The third kappa shape index (κ3) is 2.83. The Labute approximate surface area is 108 Å². The summed E-state index contributed by atoms with van der Waals surface area (Å²) in [4.78, 5) is -1.23. The molecule has 0 aliphatic heterocycles. The van der Waals surface area contributed by atoms with E-state index in [1.807, 2.05) is 0 Å². The highest BCUT2D eigenvalue weighted by molar-refractivity contribution is 7.92. The summed E-state index contributed by atoms with van der Waals surface area (Å²) in [7, 11) is -4.54. The van der Waals surface area contributed by atoms with Crippen LogP contribution in [0, 0.1) is 0 Å². The fraction of sp³-hybridized carbons (Fsp3) is 0.273. The minimum absolute atomic E-state index is 0.136. The number of aromatic hydroxyl groups is 1. The van der Waals surface area contributed by atoms with E-state index in [-0.39, 0.29) is 17.7 Å². The van der Waals surface area contributed by atoms with Crippen molar-refractivity contribution in [2.24, 2.45) is 0 Å². The Hall–Kier alpha value is -1.70. The number of benzene rings is 1. The number of methoxy groups -OCH3 is 1. The first-order valence-electron chi connectivity index (χ1n) is 4.97. The molecule has 0 aliphatic rings. The van der Waals surface area contributed by atoms with Gasteiger partial charge in [-0.25, -0.2) is 8.42 Å². The third-order valence-electron chi connectivity index (χ3n) is 2.29. The van der Waals surface area contributed by atoms with Crippen LogP contribution in [0.5, 0.6) is 11.5 Å². The van der Waals surface area contributed by atoms with Crippen LogP contribution in [-0.2, 0) is 16.3 Å². The normalized spacial score (nSPS) is 12.2. The average Bonchev–Trinajstić information content (AvgIpc) is 2.29. The third-order valence-corrected chi connectivity index (χ3v) is 3.79. The summed E-state index contributed by atoms with van der Waals surface area (Å²) < 4.78 is 64.8. The number of rotatable bonds is 4. The molecule has 8 heteroatoms. The lowest BCUT2D eigenvalue weighted by atomic mass is 10.1. The topological polar surface area (TPSA) is 63.6 Å². The van der Waals surface area contributed by atoms with Gasteiger partial charge in [-0.1, -0.05) is 6.08 Å². The van der Waals surface area contributed by atoms with E-state index in [2.05, 4.69) is 11.3 Å². The van der Waals surface area contributed by atoms with Crippen LogP contribution in [0.1, 0.15) is 5.56 Å². The summed E-state index contributed by atoms with van der Waals surface area (Å²) in [6.07, 6.45) is 1.52. The van der Waals surface area contributed by atoms with Crippen molar-refractivity contribution in [3.63, 3.8) is 0 Å². The van der Waals surface area contributed by atoms with Gasteiger partial charge in [0, 0.05) is 0 Å². The standard InChI is InChI=1S/C11H11F3O4S/c1-3-4-7-5-8(18-2)10(15)9(6-7)19(16,17)11(12,13)14/h3,5-6,15H,1,4H2,2H3. The molecule has 0 aliphatic carbocycles. The molecule has 4 nitrogen and oxygen atoms in total. The molecule has 1 aromatic rings. The molecule has 0 atom stereocenters. The summed E-state index contributed by atoms with van der Waals surface area (Å²) in [5.74, 6) is -1.41. The molecule has 0 aromatic heterocycles. The largest absolute Gasteiger partial charge is 0.503 e. The van der Waals surface area contributed by atoms with E-state index >= 15 is 0 Å². The van der Waals surface area contributed by atoms with Crippen LogP contribution in [0.4, 0.5) is 13.2 Å². The van der Waals surface area contributed by atoms with Crippen molar-refractivity contribution in [2.45, 2.75) is 16.8 Å². The highest BCUT2D eigenvalue weighted by atomic mass is 32.2. The Morgan fingerprint density at radius 3 is 2.42 bits per heavy atom. The second-order valence-electron chi connectivity index (χ2n) is 3.59. The zero-order chi connectivity index (χ0) is 14.8. The highest BCUT2D eigenvalue weighted by Crippen LogP contribution is 2.40. The average molecular weight is 296 g/mol. The Balaban J connectivity index is 3.59. The van der Waals surface area contributed by atoms with Gasteiger partial charge in [-0.05, 0) is 24.1 Å². The molecular formula is C11H11F3O4S. The number of hydrogen-bond donors (Lipinski definition) is 1. The molecule has 0 bridgehead atoms. The first kappa shape index (κ1) is 15.4. The van der Waals surface area contributed by atoms with Crippen LogP contribution in [0.3, 0.4) is 0 Å². The smallest absolute Gasteiger partial charge is 0.502 e. The lowest BCUT2D eigenvalue weighted by Gasteiger charge is -2.13. The molecule has 0 amide bonds. The zero-order valence-corrected chi connectivity index (χ0v) is 10.7. The SMILES string of the molecule is C=CCc1cc(OC)c(O)c(S(=O)(=O)C(F)(F)F)c1. The van der Waals surface area contributed by atoms with Gasteiger partial charge in [-0.3, -0.25) is 0 Å². The number of phenols is 1. The van der Waals surface area contributed by atoms with Crippen LogP contribution in [0.25, 0.3) is 0 Å². The monoisotopic (exact) mass is 296 g/mol. The van der Waals surface area contributed by atoms with Crippen LogP contribution < -0.4 is 4.74 Å². The number of halogens is 3. The highest BCUT2D eigenvalue weighted by Gasteiger charge is 2.48. The van der Waals surface area contributed by atoms with Crippen LogP contribution in [0.15, 0.2) is 29.7 Å². The second-order valence-corrected chi connectivity index (χ2v) is 5.50. The second kappa shape index (κ2) is 5.12. The van der Waals surface area contributed by atoms with Crippen molar-refractivity contribution in [3.8, 4) is 11.5 Å². The number of phenolic OH excluding ortho intramolecular Hbond substituents is 1. The molecule has 0 heterocycles. The molecule has 0 fully saturated rings. The molecule has 0 spiro atoms. The number of hydrogen-bond acceptors (Lipinski definition) is 4. The molecule has 19 heavy (non-hydrogen) atoms. The minimum Gasteiger partial charge on any atom is -0.503 e. The van der Waals surface area contributed by atoms with Crippen LogP contribution >= 0.6 is 0 Å². The van der Waals surface area contributed by atoms with Gasteiger partial charge in [0.2, 0.25) is 0 Å². The van der Waals surface area contributed by atoms with Gasteiger partial charge in [-0.2, -0.15) is 13.2 Å². The summed E-state index contributed by atoms with van der Waals surface area (Å²) >= 11 is 0. The number of ether oxygens (including phenoxy) is 1. The van der Waals surface area contributed by atoms with E-state index in [4.69, 9.17) is 0 Å². The molecule has 1 N–H and O–H groups in total. The van der Waals surface area contributed by atoms with E-state index in [0.717, 1.165) is 13.2 Å². The minimum atomic E-state index is -5.64. The molecule has 0 unspecified atom stereocenters. The van der Waals surface area contributed by atoms with Gasteiger partial charge in [0.15, 0.2) is 11.5 Å². The fourth-order valence-electron chi connectivity index (χ4n) is 1.41. The van der Waals surface area contributed by atoms with Crippen molar-refractivity contribution in [3.05, 3.63) is 30.4 Å². The van der Waals surface area contributed by atoms with E-state index in [0.29, 0.717) is 0 Å². The predicted molar refractivity (Wildman–Crippen MR) is 61.8 cm³/mol. The Morgan fingerprint density at radius 2 is 2.00 bits per heavy atom. The maximum absolute atomic E-state index is 12.5. The lowest BCUT2D eigenvalue weighted by molar-refractivity contribution is -0.0437. The summed E-state index contributed by atoms with van der Waals surface area (Å²) in [5.41, 5.74) is -5.27. The van der Waals surface area contributed by atoms with E-state index < -0.39 is 26.0 Å². The van der Waals surface area contributed by atoms with Gasteiger partial charge in [0.25, 0.3) is 9.84 Å². The number of allylic oxidation sites excluding steroid dienone is 1. The predicted octanol–water partition coefficient (Wildman–Crippen LogP) is 2.42. The molecular weight excluding hydrogens is 285 g/mol. The van der Waals surface area contributed by atoms with Gasteiger partial charge < -0.3 is 9.84 Å². The van der Waals surface area contributed by atoms with Gasteiger partial charge in [-0.15, -0.1) is 6.58 Å². The fourth-order valence-corrected chi connectivity index (χ4v) is 2.32. The lowest BCUT2D eigenvalue weighted by Crippen LogP contribution is -2.23. The van der Waals surface area contributed by atoms with Crippen molar-refractivity contribution in [1.29, 1.82) is 0 Å². The molecule has 1 rings (SSSR count). The Morgan fingerprint density at radius 1 is 1.42 bits per heavy atom. The quantitative estimate of drug-likeness (QED) is 0.867.